The maximum absolute atomic E-state index is 14.2. The second kappa shape index (κ2) is 8.79. The van der Waals surface area contributed by atoms with Crippen LogP contribution in [0.2, 0.25) is 0 Å². The first-order valence-corrected chi connectivity index (χ1v) is 10.4. The Bertz CT molecular complexity index is 422. The van der Waals surface area contributed by atoms with Gasteiger partial charge >= 0.3 is 6.36 Å². The summed E-state index contributed by atoms with van der Waals surface area (Å²) in [5.41, 5.74) is 0. The maximum Gasteiger partial charge on any atom is 0.522 e. The average Bonchev–Trinajstić information content (AvgIpc) is 2.63. The maximum atomic E-state index is 14.2. The summed E-state index contributed by atoms with van der Waals surface area (Å²) in [5.74, 6) is 4.93. The summed E-state index contributed by atoms with van der Waals surface area (Å²) in [6.45, 7) is 2.28. The first-order chi connectivity index (χ1) is 12.4. The van der Waals surface area contributed by atoms with Crippen molar-refractivity contribution >= 4 is 0 Å². The number of alkyl halides is 4. The number of rotatable bonds is 4. The summed E-state index contributed by atoms with van der Waals surface area (Å²) in [7, 11) is 0. The lowest BCUT2D eigenvalue weighted by molar-refractivity contribution is -0.351. The fourth-order valence-corrected chi connectivity index (χ4v) is 5.43. The van der Waals surface area contributed by atoms with E-state index in [-0.39, 0.29) is 18.8 Å². The molecule has 0 aromatic carbocycles. The molecule has 5 heteroatoms. The highest BCUT2D eigenvalue weighted by Crippen LogP contribution is 2.48. The minimum atomic E-state index is -4.74. The summed E-state index contributed by atoms with van der Waals surface area (Å²) in [4.78, 5) is 0. The van der Waals surface area contributed by atoms with Crippen LogP contribution in [0, 0.1) is 29.6 Å². The molecule has 3 atom stereocenters. The van der Waals surface area contributed by atoms with Crippen molar-refractivity contribution in [2.75, 3.05) is 0 Å². The van der Waals surface area contributed by atoms with Crippen LogP contribution in [-0.2, 0) is 4.74 Å². The van der Waals surface area contributed by atoms with Crippen molar-refractivity contribution in [2.24, 2.45) is 17.8 Å². The summed E-state index contributed by atoms with van der Waals surface area (Å²) in [6, 6.07) is 0. The molecule has 0 spiro atoms. The zero-order chi connectivity index (χ0) is 18.7. The van der Waals surface area contributed by atoms with Crippen LogP contribution >= 0.6 is 0 Å². The van der Waals surface area contributed by atoms with Gasteiger partial charge in [0.25, 0.3) is 0 Å². The van der Waals surface area contributed by atoms with Crippen molar-refractivity contribution in [1.82, 2.24) is 0 Å². The summed E-state index contributed by atoms with van der Waals surface area (Å²) in [5, 5.41) is 0. The predicted octanol–water partition coefficient (Wildman–Crippen LogP) is 6.97. The Morgan fingerprint density at radius 2 is 1.42 bits per heavy atom. The van der Waals surface area contributed by atoms with Gasteiger partial charge in [-0.2, -0.15) is 0 Å². The van der Waals surface area contributed by atoms with Crippen LogP contribution in [0.4, 0.5) is 17.6 Å². The highest BCUT2D eigenvalue weighted by Gasteiger charge is 2.42. The van der Waals surface area contributed by atoms with Crippen LogP contribution in [0.25, 0.3) is 0 Å². The molecule has 0 N–H and O–H groups in total. The molecule has 3 aliphatic carbocycles. The third kappa shape index (κ3) is 5.36. The molecule has 0 saturated heterocycles. The molecule has 3 rings (SSSR count). The van der Waals surface area contributed by atoms with Gasteiger partial charge in [-0.25, -0.2) is 4.39 Å². The van der Waals surface area contributed by atoms with Crippen LogP contribution in [0.1, 0.15) is 84.0 Å². The Hall–Kier alpha value is -0.320. The molecule has 0 aliphatic heterocycles. The average molecular weight is 376 g/mol. The zero-order valence-corrected chi connectivity index (χ0v) is 15.8. The highest BCUT2D eigenvalue weighted by atomic mass is 19.4. The minimum absolute atomic E-state index is 0.153. The lowest BCUT2D eigenvalue weighted by Gasteiger charge is -2.41. The SMILES string of the molecule is CCC1CC[C](C2CC[C](C3CCC(OC(F)(F)F)C(F)C3)CC2)CC1. The van der Waals surface area contributed by atoms with E-state index >= 15 is 0 Å². The van der Waals surface area contributed by atoms with Gasteiger partial charge in [-0.05, 0) is 100 Å². The molecule has 0 heterocycles. The van der Waals surface area contributed by atoms with Crippen molar-refractivity contribution in [3.63, 3.8) is 0 Å². The van der Waals surface area contributed by atoms with E-state index in [9.17, 15) is 17.6 Å². The Balaban J connectivity index is 1.41. The summed E-state index contributed by atoms with van der Waals surface area (Å²) < 4.78 is 55.1. The van der Waals surface area contributed by atoms with Gasteiger partial charge in [0.05, 0.1) is 6.10 Å². The molecule has 0 amide bonds. The van der Waals surface area contributed by atoms with E-state index in [0.29, 0.717) is 6.42 Å². The van der Waals surface area contributed by atoms with E-state index in [4.69, 9.17) is 0 Å². The van der Waals surface area contributed by atoms with E-state index in [0.717, 1.165) is 37.5 Å². The molecule has 3 unspecified atom stereocenters. The summed E-state index contributed by atoms with van der Waals surface area (Å²) >= 11 is 0. The van der Waals surface area contributed by atoms with E-state index < -0.39 is 18.6 Å². The van der Waals surface area contributed by atoms with Crippen LogP contribution in [0.5, 0.6) is 0 Å². The largest absolute Gasteiger partial charge is 0.522 e. The third-order valence-electron chi connectivity index (χ3n) is 7.11. The van der Waals surface area contributed by atoms with Crippen molar-refractivity contribution < 1.29 is 22.3 Å². The van der Waals surface area contributed by atoms with Gasteiger partial charge in [0.15, 0.2) is 0 Å². The fourth-order valence-electron chi connectivity index (χ4n) is 5.43. The first kappa shape index (κ1) is 20.4. The topological polar surface area (TPSA) is 9.23 Å². The molecule has 2 radical (unpaired) electrons. The number of ether oxygens (including phenoxy) is 1. The van der Waals surface area contributed by atoms with Gasteiger partial charge in [-0.1, -0.05) is 13.3 Å². The molecule has 0 bridgehead atoms. The second-order valence-electron chi connectivity index (χ2n) is 8.57. The lowest BCUT2D eigenvalue weighted by Crippen LogP contribution is -2.39. The quantitative estimate of drug-likeness (QED) is 0.481. The summed E-state index contributed by atoms with van der Waals surface area (Å²) in [6.07, 6.45) is 4.40. The molecular weight excluding hydrogens is 344 g/mol. The first-order valence-electron chi connectivity index (χ1n) is 10.4. The standard InChI is InChI=1S/C21H32F4O/c1-2-14-3-5-15(6-4-14)16-7-9-17(10-8-16)18-11-12-20(19(22)13-18)26-21(23,24)25/h14,16,18-20H,2-13H2,1H3. The van der Waals surface area contributed by atoms with Crippen LogP contribution in [-0.4, -0.2) is 18.6 Å². The molecule has 3 saturated carbocycles. The lowest BCUT2D eigenvalue weighted by atomic mass is 9.65. The predicted molar refractivity (Wildman–Crippen MR) is 93.9 cm³/mol. The highest BCUT2D eigenvalue weighted by molar-refractivity contribution is 5.09. The molecule has 0 aromatic heterocycles. The van der Waals surface area contributed by atoms with Gasteiger partial charge < -0.3 is 0 Å². The van der Waals surface area contributed by atoms with Crippen LogP contribution in [0.3, 0.4) is 0 Å². The van der Waals surface area contributed by atoms with Crippen LogP contribution in [0.15, 0.2) is 0 Å². The second-order valence-corrected chi connectivity index (χ2v) is 8.57. The fraction of sp³-hybridized carbons (Fsp3) is 0.905. The number of hydrogen-bond acceptors (Lipinski definition) is 1. The van der Waals surface area contributed by atoms with Gasteiger partial charge in [-0.15, -0.1) is 13.2 Å². The van der Waals surface area contributed by atoms with Crippen molar-refractivity contribution in [2.45, 2.75) is 103 Å². The van der Waals surface area contributed by atoms with Crippen molar-refractivity contribution in [1.29, 1.82) is 0 Å². The van der Waals surface area contributed by atoms with Crippen molar-refractivity contribution in [3.05, 3.63) is 11.8 Å². The molecule has 150 valence electrons. The Labute approximate surface area is 155 Å². The molecular formula is C21H32F4O. The molecule has 3 fully saturated rings. The Kier molecular flexibility index (Phi) is 6.90. The zero-order valence-electron chi connectivity index (χ0n) is 15.8. The third-order valence-corrected chi connectivity index (χ3v) is 7.11. The Morgan fingerprint density at radius 1 is 0.846 bits per heavy atom. The number of halogens is 4. The molecule has 0 aromatic rings. The van der Waals surface area contributed by atoms with Crippen LogP contribution < -0.4 is 0 Å². The van der Waals surface area contributed by atoms with E-state index in [1.807, 2.05) is 0 Å². The molecule has 26 heavy (non-hydrogen) atoms. The smallest absolute Gasteiger partial charge is 0.286 e. The van der Waals surface area contributed by atoms with Crippen molar-refractivity contribution in [3.8, 4) is 0 Å². The normalized spacial score (nSPS) is 34.3. The van der Waals surface area contributed by atoms with E-state index in [1.165, 1.54) is 38.0 Å². The molecule has 3 aliphatic rings. The number of hydrogen-bond donors (Lipinski definition) is 0. The van der Waals surface area contributed by atoms with E-state index in [2.05, 4.69) is 11.7 Å². The van der Waals surface area contributed by atoms with Gasteiger partial charge in [0.2, 0.25) is 0 Å². The van der Waals surface area contributed by atoms with Gasteiger partial charge in [0, 0.05) is 0 Å². The Morgan fingerprint density at radius 3 is 1.96 bits per heavy atom. The monoisotopic (exact) mass is 376 g/mol. The van der Waals surface area contributed by atoms with Gasteiger partial charge in [0.1, 0.15) is 6.17 Å². The minimum Gasteiger partial charge on any atom is -0.286 e. The van der Waals surface area contributed by atoms with E-state index in [1.54, 1.807) is 5.92 Å². The van der Waals surface area contributed by atoms with Gasteiger partial charge in [-0.3, -0.25) is 4.74 Å². The molecule has 1 nitrogen and oxygen atoms in total.